The minimum absolute atomic E-state index is 0.109. The highest BCUT2D eigenvalue weighted by Crippen LogP contribution is 2.29. The number of benzene rings is 1. The molecule has 0 bridgehead atoms. The molecule has 0 radical (unpaired) electrons. The first-order chi connectivity index (χ1) is 11.1. The molecule has 0 unspecified atom stereocenters. The van der Waals surface area contributed by atoms with Gasteiger partial charge in [-0.05, 0) is 42.4 Å². The van der Waals surface area contributed by atoms with Crippen LogP contribution in [0.5, 0.6) is 11.5 Å². The van der Waals surface area contributed by atoms with Crippen LogP contribution in [0.2, 0.25) is 0 Å². The van der Waals surface area contributed by atoms with Crippen molar-refractivity contribution >= 4 is 29.3 Å². The van der Waals surface area contributed by atoms with E-state index >= 15 is 0 Å². The van der Waals surface area contributed by atoms with Crippen LogP contribution in [0, 0.1) is 0 Å². The molecule has 0 spiro atoms. The molecular formula is C17H20N2O3S. The maximum atomic E-state index is 12.3. The molecule has 0 atom stereocenters. The van der Waals surface area contributed by atoms with Gasteiger partial charge in [-0.25, -0.2) is 0 Å². The van der Waals surface area contributed by atoms with Crippen molar-refractivity contribution in [1.29, 1.82) is 0 Å². The standard InChI is InChI=1S/C17H20N2O3S/c1-4-8-19-16(20)13(18-17(19)23)10-12-6-7-14(22-9-5-2)15(11-12)21-3/h5-7,10-11H,2,4,8-9H2,1,3H3,(H,18,23)/b13-10-. The molecule has 122 valence electrons. The van der Waals surface area contributed by atoms with Gasteiger partial charge in [0.05, 0.1) is 7.11 Å². The maximum Gasteiger partial charge on any atom is 0.276 e. The molecule has 23 heavy (non-hydrogen) atoms. The van der Waals surface area contributed by atoms with Crippen molar-refractivity contribution in [1.82, 2.24) is 10.2 Å². The third-order valence-electron chi connectivity index (χ3n) is 3.26. The molecular weight excluding hydrogens is 312 g/mol. The fraction of sp³-hybridized carbons (Fsp3) is 0.294. The summed E-state index contributed by atoms with van der Waals surface area (Å²) in [6.07, 6.45) is 4.27. The van der Waals surface area contributed by atoms with Crippen LogP contribution in [-0.4, -0.2) is 36.2 Å². The van der Waals surface area contributed by atoms with Crippen LogP contribution in [0.4, 0.5) is 0 Å². The van der Waals surface area contributed by atoms with E-state index in [9.17, 15) is 4.79 Å². The van der Waals surface area contributed by atoms with E-state index < -0.39 is 0 Å². The number of hydrogen-bond acceptors (Lipinski definition) is 4. The zero-order chi connectivity index (χ0) is 16.8. The Labute approximate surface area is 141 Å². The van der Waals surface area contributed by atoms with Crippen molar-refractivity contribution in [3.8, 4) is 11.5 Å². The predicted octanol–water partition coefficient (Wildman–Crippen LogP) is 2.73. The Morgan fingerprint density at radius 3 is 2.83 bits per heavy atom. The Hall–Kier alpha value is -2.34. The highest BCUT2D eigenvalue weighted by Gasteiger charge is 2.29. The van der Waals surface area contributed by atoms with Crippen LogP contribution in [0.1, 0.15) is 18.9 Å². The lowest BCUT2D eigenvalue weighted by Gasteiger charge is -2.11. The van der Waals surface area contributed by atoms with E-state index in [2.05, 4.69) is 11.9 Å². The molecule has 1 N–H and O–H groups in total. The minimum atomic E-state index is -0.109. The van der Waals surface area contributed by atoms with Gasteiger partial charge < -0.3 is 14.8 Å². The summed E-state index contributed by atoms with van der Waals surface area (Å²) < 4.78 is 10.8. The summed E-state index contributed by atoms with van der Waals surface area (Å²) in [5, 5.41) is 3.40. The van der Waals surface area contributed by atoms with Gasteiger partial charge >= 0.3 is 0 Å². The van der Waals surface area contributed by atoms with E-state index in [1.165, 1.54) is 0 Å². The number of nitrogens with one attached hydrogen (secondary N) is 1. The molecule has 0 saturated carbocycles. The monoisotopic (exact) mass is 332 g/mol. The molecule has 1 aliphatic heterocycles. The SMILES string of the molecule is C=CCOc1ccc(/C=C2\NC(=S)N(CCC)C2=O)cc1OC. The van der Waals surface area contributed by atoms with Crippen LogP contribution >= 0.6 is 12.2 Å². The Kier molecular flexibility index (Phi) is 5.76. The second-order valence-corrected chi connectivity index (χ2v) is 5.34. The largest absolute Gasteiger partial charge is 0.493 e. The molecule has 0 aliphatic carbocycles. The third-order valence-corrected chi connectivity index (χ3v) is 3.59. The van der Waals surface area contributed by atoms with Crippen molar-refractivity contribution in [3.05, 3.63) is 42.1 Å². The molecule has 0 aromatic heterocycles. The van der Waals surface area contributed by atoms with Crippen molar-refractivity contribution in [3.63, 3.8) is 0 Å². The molecule has 1 heterocycles. The van der Waals surface area contributed by atoms with Gasteiger partial charge in [0.2, 0.25) is 0 Å². The summed E-state index contributed by atoms with van der Waals surface area (Å²) in [5.74, 6) is 1.12. The van der Waals surface area contributed by atoms with Crippen LogP contribution < -0.4 is 14.8 Å². The second kappa shape index (κ2) is 7.78. The van der Waals surface area contributed by atoms with Gasteiger partial charge in [-0.3, -0.25) is 9.69 Å². The third kappa shape index (κ3) is 3.90. The average Bonchev–Trinajstić information content (AvgIpc) is 2.81. The van der Waals surface area contributed by atoms with E-state index in [0.29, 0.717) is 35.5 Å². The van der Waals surface area contributed by atoms with Gasteiger partial charge in [0, 0.05) is 6.54 Å². The number of thiocarbonyl (C=S) groups is 1. The number of rotatable bonds is 7. The molecule has 6 heteroatoms. The average molecular weight is 332 g/mol. The van der Waals surface area contributed by atoms with Crippen molar-refractivity contribution in [2.45, 2.75) is 13.3 Å². The fourth-order valence-corrected chi connectivity index (χ4v) is 2.49. The first kappa shape index (κ1) is 17.0. The highest BCUT2D eigenvalue weighted by atomic mass is 32.1. The Morgan fingerprint density at radius 1 is 1.39 bits per heavy atom. The van der Waals surface area contributed by atoms with Gasteiger partial charge in [-0.2, -0.15) is 0 Å². The lowest BCUT2D eigenvalue weighted by molar-refractivity contribution is -0.122. The van der Waals surface area contributed by atoms with E-state index in [0.717, 1.165) is 12.0 Å². The zero-order valence-corrected chi connectivity index (χ0v) is 14.1. The zero-order valence-electron chi connectivity index (χ0n) is 13.3. The first-order valence-electron chi connectivity index (χ1n) is 7.37. The molecule has 1 aromatic rings. The van der Waals surface area contributed by atoms with Crippen LogP contribution in [0.15, 0.2) is 36.6 Å². The molecule has 5 nitrogen and oxygen atoms in total. The molecule has 1 fully saturated rings. The minimum Gasteiger partial charge on any atom is -0.493 e. The topological polar surface area (TPSA) is 50.8 Å². The summed E-state index contributed by atoms with van der Waals surface area (Å²) in [7, 11) is 1.57. The Bertz CT molecular complexity index is 655. The molecule has 1 aliphatic rings. The van der Waals surface area contributed by atoms with Gasteiger partial charge in [-0.15, -0.1) is 0 Å². The van der Waals surface area contributed by atoms with Crippen LogP contribution in [0.3, 0.4) is 0 Å². The van der Waals surface area contributed by atoms with Gasteiger partial charge in [-0.1, -0.05) is 25.6 Å². The fourth-order valence-electron chi connectivity index (χ4n) is 2.21. The highest BCUT2D eigenvalue weighted by molar-refractivity contribution is 7.80. The van der Waals surface area contributed by atoms with E-state index in [4.69, 9.17) is 21.7 Å². The smallest absolute Gasteiger partial charge is 0.276 e. The number of carbonyl (C=O) groups is 1. The molecule has 1 aromatic carbocycles. The van der Waals surface area contributed by atoms with Crippen molar-refractivity contribution in [2.24, 2.45) is 0 Å². The van der Waals surface area contributed by atoms with E-state index in [-0.39, 0.29) is 5.91 Å². The van der Waals surface area contributed by atoms with Crippen molar-refractivity contribution < 1.29 is 14.3 Å². The van der Waals surface area contributed by atoms with Crippen LogP contribution in [0.25, 0.3) is 6.08 Å². The lowest BCUT2D eigenvalue weighted by Crippen LogP contribution is -2.31. The quantitative estimate of drug-likeness (QED) is 0.473. The van der Waals surface area contributed by atoms with E-state index in [1.54, 1.807) is 30.2 Å². The summed E-state index contributed by atoms with van der Waals surface area (Å²) in [6.45, 7) is 6.63. The Morgan fingerprint density at radius 2 is 2.17 bits per heavy atom. The normalized spacial score (nSPS) is 15.7. The van der Waals surface area contributed by atoms with Gasteiger partial charge in [0.15, 0.2) is 16.6 Å². The summed E-state index contributed by atoms with van der Waals surface area (Å²) >= 11 is 5.19. The number of nitrogens with zero attached hydrogens (tertiary/aromatic N) is 1. The Balaban J connectivity index is 2.24. The second-order valence-electron chi connectivity index (χ2n) is 4.95. The molecule has 1 amide bonds. The predicted molar refractivity (Wildman–Crippen MR) is 94.4 cm³/mol. The lowest BCUT2D eigenvalue weighted by atomic mass is 10.1. The van der Waals surface area contributed by atoms with E-state index in [1.807, 2.05) is 19.1 Å². The number of carbonyl (C=O) groups excluding carboxylic acids is 1. The summed E-state index contributed by atoms with van der Waals surface area (Å²) in [4.78, 5) is 13.9. The number of ether oxygens (including phenoxy) is 2. The molecule has 2 rings (SSSR count). The first-order valence-corrected chi connectivity index (χ1v) is 7.77. The van der Waals surface area contributed by atoms with Gasteiger partial charge in [0.25, 0.3) is 5.91 Å². The van der Waals surface area contributed by atoms with Gasteiger partial charge in [0.1, 0.15) is 12.3 Å². The number of methoxy groups -OCH3 is 1. The van der Waals surface area contributed by atoms with Crippen LogP contribution in [-0.2, 0) is 4.79 Å². The number of hydrogen-bond donors (Lipinski definition) is 1. The summed E-state index contributed by atoms with van der Waals surface area (Å²) in [5.41, 5.74) is 1.29. The maximum absolute atomic E-state index is 12.3. The summed E-state index contributed by atoms with van der Waals surface area (Å²) in [6, 6.07) is 5.47. The number of amides is 1. The molecule has 1 saturated heterocycles. The van der Waals surface area contributed by atoms with Crippen molar-refractivity contribution in [2.75, 3.05) is 20.3 Å².